The van der Waals surface area contributed by atoms with Crippen molar-refractivity contribution in [3.05, 3.63) is 47.9 Å². The lowest BCUT2D eigenvalue weighted by molar-refractivity contribution is 0.0922. The summed E-state index contributed by atoms with van der Waals surface area (Å²) in [5, 5.41) is 7.07. The van der Waals surface area contributed by atoms with Gasteiger partial charge in [-0.25, -0.2) is 9.97 Å². The van der Waals surface area contributed by atoms with Gasteiger partial charge in [0.25, 0.3) is 5.91 Å². The van der Waals surface area contributed by atoms with Gasteiger partial charge in [-0.1, -0.05) is 12.1 Å². The molecule has 140 valence electrons. The molecule has 8 heteroatoms. The second-order valence-electron chi connectivity index (χ2n) is 7.68. The highest BCUT2D eigenvalue weighted by atomic mass is 16.5. The first-order valence-corrected chi connectivity index (χ1v) is 9.44. The van der Waals surface area contributed by atoms with Crippen LogP contribution in [0.25, 0.3) is 5.78 Å². The highest BCUT2D eigenvalue weighted by Gasteiger charge is 2.33. The monoisotopic (exact) mass is 366 g/mol. The Bertz CT molecular complexity index is 975. The Morgan fingerprint density at radius 1 is 1.33 bits per heavy atom. The molecular formula is C19H22N6O2. The van der Waals surface area contributed by atoms with Crippen LogP contribution in [0.3, 0.4) is 0 Å². The molecule has 1 saturated heterocycles. The van der Waals surface area contributed by atoms with Gasteiger partial charge in [0, 0.05) is 50.1 Å². The lowest BCUT2D eigenvalue weighted by atomic mass is 10.1. The number of hydrogen-bond donors (Lipinski definition) is 1. The summed E-state index contributed by atoms with van der Waals surface area (Å²) in [6.07, 6.45) is 7.85. The molecule has 0 bridgehead atoms. The first-order chi connectivity index (χ1) is 13.2. The van der Waals surface area contributed by atoms with Crippen molar-refractivity contribution in [2.75, 3.05) is 13.1 Å². The third-order valence-corrected chi connectivity index (χ3v) is 5.50. The molecule has 5 rings (SSSR count). The Labute approximate surface area is 156 Å². The summed E-state index contributed by atoms with van der Waals surface area (Å²) in [4.78, 5) is 23.5. The number of rotatable bonds is 5. The fraction of sp³-hybridized carbons (Fsp3) is 0.474. The van der Waals surface area contributed by atoms with E-state index in [1.54, 1.807) is 12.3 Å². The van der Waals surface area contributed by atoms with Crippen molar-refractivity contribution in [1.29, 1.82) is 0 Å². The number of nitrogens with one attached hydrogen (secondary N) is 1. The van der Waals surface area contributed by atoms with Crippen LogP contribution in [0.4, 0.5) is 0 Å². The summed E-state index contributed by atoms with van der Waals surface area (Å²) in [7, 11) is 0. The zero-order valence-corrected chi connectivity index (χ0v) is 15.2. The van der Waals surface area contributed by atoms with Gasteiger partial charge < -0.3 is 9.84 Å². The second-order valence-corrected chi connectivity index (χ2v) is 7.68. The zero-order chi connectivity index (χ0) is 18.4. The zero-order valence-electron chi connectivity index (χ0n) is 15.2. The molecule has 0 spiro atoms. The highest BCUT2D eigenvalue weighted by molar-refractivity contribution is 5.92. The summed E-state index contributed by atoms with van der Waals surface area (Å²) in [6, 6.07) is 3.79. The quantitative estimate of drug-likeness (QED) is 0.741. The van der Waals surface area contributed by atoms with E-state index in [0.717, 1.165) is 43.9 Å². The molecule has 1 saturated carbocycles. The Hall–Kier alpha value is -2.74. The molecule has 27 heavy (non-hydrogen) atoms. The van der Waals surface area contributed by atoms with E-state index in [1.807, 2.05) is 22.9 Å². The van der Waals surface area contributed by atoms with Crippen molar-refractivity contribution in [2.24, 2.45) is 5.92 Å². The summed E-state index contributed by atoms with van der Waals surface area (Å²) >= 11 is 0. The van der Waals surface area contributed by atoms with Gasteiger partial charge in [0.15, 0.2) is 5.69 Å². The molecule has 1 N–H and O–H groups in total. The molecule has 4 heterocycles. The maximum absolute atomic E-state index is 12.5. The Morgan fingerprint density at radius 2 is 2.22 bits per heavy atom. The number of nitrogens with zero attached hydrogens (tertiary/aromatic N) is 5. The van der Waals surface area contributed by atoms with Gasteiger partial charge in [0.05, 0.1) is 11.9 Å². The fourth-order valence-electron chi connectivity index (χ4n) is 3.81. The smallest absolute Gasteiger partial charge is 0.273 e. The third-order valence-electron chi connectivity index (χ3n) is 5.50. The van der Waals surface area contributed by atoms with Gasteiger partial charge in [-0.3, -0.25) is 14.1 Å². The van der Waals surface area contributed by atoms with Crippen LogP contribution in [-0.4, -0.2) is 49.5 Å². The number of imidazole rings is 1. The molecule has 0 radical (unpaired) electrons. The number of likely N-dealkylation sites (tertiary alicyclic amines) is 1. The fourth-order valence-corrected chi connectivity index (χ4v) is 3.81. The number of carbonyl (C=O) groups excluding carboxylic acids is 1. The molecule has 2 aliphatic rings. The lowest BCUT2D eigenvalue weighted by Gasteiger charge is -2.16. The molecule has 3 aromatic heterocycles. The predicted octanol–water partition coefficient (Wildman–Crippen LogP) is 1.84. The van der Waals surface area contributed by atoms with E-state index >= 15 is 0 Å². The van der Waals surface area contributed by atoms with Gasteiger partial charge in [0.1, 0.15) is 5.76 Å². The molecule has 1 unspecified atom stereocenters. The largest absolute Gasteiger partial charge is 0.360 e. The summed E-state index contributed by atoms with van der Waals surface area (Å²) in [5.74, 6) is 2.22. The van der Waals surface area contributed by atoms with Crippen LogP contribution in [0.15, 0.2) is 35.2 Å². The SMILES string of the molecule is CC1CN(Cc2cnc3ncccn23)C[C@H]1NC(=O)c1cc(C2CC2)on1. The van der Waals surface area contributed by atoms with E-state index in [-0.39, 0.29) is 11.9 Å². The van der Waals surface area contributed by atoms with Crippen molar-refractivity contribution >= 4 is 11.7 Å². The summed E-state index contributed by atoms with van der Waals surface area (Å²) in [5.41, 5.74) is 1.48. The van der Waals surface area contributed by atoms with E-state index in [1.165, 1.54) is 0 Å². The van der Waals surface area contributed by atoms with Gasteiger partial charge in [0.2, 0.25) is 5.78 Å². The number of hydrogen-bond acceptors (Lipinski definition) is 6. The molecule has 1 aliphatic heterocycles. The lowest BCUT2D eigenvalue weighted by Crippen LogP contribution is -2.40. The van der Waals surface area contributed by atoms with Crippen LogP contribution in [0.1, 0.15) is 47.6 Å². The van der Waals surface area contributed by atoms with Crippen LogP contribution in [0, 0.1) is 5.92 Å². The van der Waals surface area contributed by atoms with E-state index in [0.29, 0.717) is 23.3 Å². The summed E-state index contributed by atoms with van der Waals surface area (Å²) < 4.78 is 7.30. The molecule has 0 aromatic carbocycles. The molecule has 3 aromatic rings. The maximum atomic E-state index is 12.5. The number of amides is 1. The predicted molar refractivity (Wildman–Crippen MR) is 97.2 cm³/mol. The van der Waals surface area contributed by atoms with E-state index in [2.05, 4.69) is 32.3 Å². The van der Waals surface area contributed by atoms with E-state index in [4.69, 9.17) is 4.52 Å². The van der Waals surface area contributed by atoms with Crippen LogP contribution in [-0.2, 0) is 6.54 Å². The normalized spacial score (nSPS) is 23.1. The minimum absolute atomic E-state index is 0.0934. The highest BCUT2D eigenvalue weighted by Crippen LogP contribution is 2.40. The number of carbonyl (C=O) groups is 1. The first kappa shape index (κ1) is 16.4. The van der Waals surface area contributed by atoms with Crippen molar-refractivity contribution < 1.29 is 9.32 Å². The van der Waals surface area contributed by atoms with Gasteiger partial charge in [-0.2, -0.15) is 0 Å². The van der Waals surface area contributed by atoms with Gasteiger partial charge in [-0.15, -0.1) is 0 Å². The maximum Gasteiger partial charge on any atom is 0.273 e. The van der Waals surface area contributed by atoms with Crippen molar-refractivity contribution in [1.82, 2.24) is 29.7 Å². The molecule has 2 atom stereocenters. The van der Waals surface area contributed by atoms with E-state index < -0.39 is 0 Å². The van der Waals surface area contributed by atoms with Crippen molar-refractivity contribution in [3.63, 3.8) is 0 Å². The van der Waals surface area contributed by atoms with Crippen LogP contribution in [0.2, 0.25) is 0 Å². The summed E-state index contributed by atoms with van der Waals surface area (Å²) in [6.45, 7) is 4.66. The Balaban J connectivity index is 1.23. The molecule has 8 nitrogen and oxygen atoms in total. The first-order valence-electron chi connectivity index (χ1n) is 9.44. The van der Waals surface area contributed by atoms with Crippen LogP contribution >= 0.6 is 0 Å². The minimum atomic E-state index is -0.150. The van der Waals surface area contributed by atoms with E-state index in [9.17, 15) is 4.79 Å². The molecule has 1 aliphatic carbocycles. The standard InChI is InChI=1S/C19H22N6O2/c1-12-9-24(10-14-8-21-19-20-5-2-6-25(14)19)11-16(12)22-18(26)15-7-17(27-23-15)13-3-4-13/h2,5-8,12-13,16H,3-4,9-11H2,1H3,(H,22,26)/t12?,16-/m1/s1. The average molecular weight is 366 g/mol. The molecule has 1 amide bonds. The number of fused-ring (bicyclic) bond motifs is 1. The van der Waals surface area contributed by atoms with Crippen LogP contribution < -0.4 is 5.32 Å². The Morgan fingerprint density at radius 3 is 3.07 bits per heavy atom. The Kier molecular flexibility index (Phi) is 3.93. The van der Waals surface area contributed by atoms with Gasteiger partial charge >= 0.3 is 0 Å². The van der Waals surface area contributed by atoms with Gasteiger partial charge in [-0.05, 0) is 24.8 Å². The topological polar surface area (TPSA) is 88.6 Å². The third kappa shape index (κ3) is 3.21. The van der Waals surface area contributed by atoms with Crippen molar-refractivity contribution in [2.45, 2.75) is 38.3 Å². The van der Waals surface area contributed by atoms with Crippen molar-refractivity contribution in [3.8, 4) is 0 Å². The minimum Gasteiger partial charge on any atom is -0.360 e. The number of aromatic nitrogens is 4. The van der Waals surface area contributed by atoms with Crippen LogP contribution in [0.5, 0.6) is 0 Å². The molecular weight excluding hydrogens is 344 g/mol. The molecule has 2 fully saturated rings. The average Bonchev–Trinajstić information content (AvgIpc) is 3.11. The second kappa shape index (κ2) is 6.45.